The number of hydrogen-bond acceptors (Lipinski definition) is 4. The first-order chi connectivity index (χ1) is 10.6. The third kappa shape index (κ3) is 5.59. The van der Waals surface area contributed by atoms with Crippen LogP contribution in [0.5, 0.6) is 11.5 Å². The molecule has 0 aliphatic heterocycles. The van der Waals surface area contributed by atoms with Gasteiger partial charge in [-0.3, -0.25) is 4.98 Å². The highest BCUT2D eigenvalue weighted by Crippen LogP contribution is 2.28. The van der Waals surface area contributed by atoms with Gasteiger partial charge in [0.25, 0.3) is 0 Å². The minimum atomic E-state index is 0. The van der Waals surface area contributed by atoms with Gasteiger partial charge >= 0.3 is 0 Å². The highest BCUT2D eigenvalue weighted by molar-refractivity contribution is 14.0. The average Bonchev–Trinajstić information content (AvgIpc) is 2.53. The van der Waals surface area contributed by atoms with Crippen LogP contribution < -0.4 is 20.5 Å². The Hall–Kier alpha value is -2.03. The van der Waals surface area contributed by atoms with E-state index in [0.29, 0.717) is 23.7 Å². The van der Waals surface area contributed by atoms with E-state index in [1.165, 1.54) is 0 Å². The fourth-order valence-electron chi connectivity index (χ4n) is 1.94. The second kappa shape index (κ2) is 9.19. The van der Waals surface area contributed by atoms with E-state index in [1.54, 1.807) is 26.4 Å². The number of nitrogens with two attached hydrogens (primary N) is 1. The first-order valence-corrected chi connectivity index (χ1v) is 6.84. The number of aryl methyl sites for hydroxylation is 1. The van der Waals surface area contributed by atoms with Crippen LogP contribution in [0.25, 0.3) is 0 Å². The molecule has 0 amide bonds. The maximum absolute atomic E-state index is 5.92. The molecule has 1 aromatic carbocycles. The maximum Gasteiger partial charge on any atom is 0.193 e. The average molecular weight is 428 g/mol. The lowest BCUT2D eigenvalue weighted by molar-refractivity contribution is 0.405. The Morgan fingerprint density at radius 3 is 2.65 bits per heavy atom. The molecule has 0 unspecified atom stereocenters. The summed E-state index contributed by atoms with van der Waals surface area (Å²) >= 11 is 0. The van der Waals surface area contributed by atoms with Crippen LogP contribution in [0.4, 0.5) is 5.69 Å². The van der Waals surface area contributed by atoms with Crippen molar-refractivity contribution >= 4 is 35.6 Å². The number of methoxy groups -OCH3 is 2. The number of guanidine groups is 1. The Kier molecular flexibility index (Phi) is 7.60. The minimum Gasteiger partial charge on any atom is -0.497 e. The third-order valence-corrected chi connectivity index (χ3v) is 3.03. The van der Waals surface area contributed by atoms with Crippen LogP contribution in [0.1, 0.15) is 11.4 Å². The summed E-state index contributed by atoms with van der Waals surface area (Å²) in [4.78, 5) is 8.66. The molecule has 124 valence electrons. The molecule has 0 bridgehead atoms. The summed E-state index contributed by atoms with van der Waals surface area (Å²) in [5.41, 5.74) is 8.43. The van der Waals surface area contributed by atoms with E-state index < -0.39 is 0 Å². The van der Waals surface area contributed by atoms with E-state index in [-0.39, 0.29) is 29.9 Å². The largest absolute Gasteiger partial charge is 0.497 e. The Balaban J connectivity index is 0.00000264. The predicted octanol–water partition coefficient (Wildman–Crippen LogP) is 2.95. The molecule has 0 aliphatic carbocycles. The van der Waals surface area contributed by atoms with E-state index in [4.69, 9.17) is 15.2 Å². The number of anilines is 1. The smallest absolute Gasteiger partial charge is 0.193 e. The number of aromatic nitrogens is 1. The summed E-state index contributed by atoms with van der Waals surface area (Å²) in [6.45, 7) is 2.35. The zero-order valence-corrected chi connectivity index (χ0v) is 15.7. The number of ether oxygens (including phenoxy) is 2. The van der Waals surface area contributed by atoms with E-state index in [1.807, 2.05) is 31.2 Å². The van der Waals surface area contributed by atoms with Gasteiger partial charge in [0.1, 0.15) is 11.5 Å². The molecule has 23 heavy (non-hydrogen) atoms. The molecule has 0 atom stereocenters. The molecule has 2 rings (SSSR count). The molecule has 6 nitrogen and oxygen atoms in total. The number of rotatable bonds is 5. The Bertz CT molecular complexity index is 677. The van der Waals surface area contributed by atoms with Crippen molar-refractivity contribution in [3.8, 4) is 11.5 Å². The molecule has 0 saturated carbocycles. The van der Waals surface area contributed by atoms with Gasteiger partial charge in [0, 0.05) is 11.8 Å². The van der Waals surface area contributed by atoms with Gasteiger partial charge in [0.15, 0.2) is 5.96 Å². The summed E-state index contributed by atoms with van der Waals surface area (Å²) in [6.07, 6.45) is 0. The van der Waals surface area contributed by atoms with Crippen molar-refractivity contribution < 1.29 is 9.47 Å². The molecule has 1 heterocycles. The topological polar surface area (TPSA) is 81.8 Å². The number of nitrogens with one attached hydrogen (secondary N) is 1. The maximum atomic E-state index is 5.92. The molecule has 1 aromatic heterocycles. The Morgan fingerprint density at radius 1 is 1.22 bits per heavy atom. The molecule has 2 aromatic rings. The minimum absolute atomic E-state index is 0. The van der Waals surface area contributed by atoms with Crippen molar-refractivity contribution in [2.24, 2.45) is 10.7 Å². The van der Waals surface area contributed by atoms with E-state index in [0.717, 1.165) is 11.4 Å². The second-order valence-corrected chi connectivity index (χ2v) is 4.66. The lowest BCUT2D eigenvalue weighted by Crippen LogP contribution is -2.23. The summed E-state index contributed by atoms with van der Waals surface area (Å²) in [5.74, 6) is 1.65. The SMILES string of the molecule is COc1ccc(OC)c(NC(N)=NCc2cccc(C)n2)c1.I. The van der Waals surface area contributed by atoms with Gasteiger partial charge in [0.05, 0.1) is 32.1 Å². The third-order valence-electron chi connectivity index (χ3n) is 3.03. The number of aliphatic imine (C=N–C) groups is 1. The molecule has 0 spiro atoms. The highest BCUT2D eigenvalue weighted by Gasteiger charge is 2.06. The molecule has 0 saturated heterocycles. The lowest BCUT2D eigenvalue weighted by Gasteiger charge is -2.12. The zero-order chi connectivity index (χ0) is 15.9. The summed E-state index contributed by atoms with van der Waals surface area (Å²) < 4.78 is 10.5. The standard InChI is InChI=1S/C16H20N4O2.HI/c1-11-5-4-6-12(19-11)10-18-16(17)20-14-9-13(21-2)7-8-15(14)22-3;/h4-9H,10H2,1-3H3,(H3,17,18,20);1H. The highest BCUT2D eigenvalue weighted by atomic mass is 127. The number of benzene rings is 1. The van der Waals surface area contributed by atoms with Crippen molar-refractivity contribution in [3.63, 3.8) is 0 Å². The van der Waals surface area contributed by atoms with Crippen LogP contribution in [0.2, 0.25) is 0 Å². The molecular weight excluding hydrogens is 407 g/mol. The fourth-order valence-corrected chi connectivity index (χ4v) is 1.94. The lowest BCUT2D eigenvalue weighted by atomic mass is 10.2. The normalized spacial score (nSPS) is 10.7. The summed E-state index contributed by atoms with van der Waals surface area (Å²) in [6, 6.07) is 11.2. The van der Waals surface area contributed by atoms with Gasteiger partial charge in [-0.15, -0.1) is 24.0 Å². The van der Waals surface area contributed by atoms with E-state index in [9.17, 15) is 0 Å². The monoisotopic (exact) mass is 428 g/mol. The van der Waals surface area contributed by atoms with Crippen LogP contribution in [-0.2, 0) is 6.54 Å². The van der Waals surface area contributed by atoms with Crippen molar-refractivity contribution in [3.05, 3.63) is 47.8 Å². The van der Waals surface area contributed by atoms with Gasteiger partial charge in [0.2, 0.25) is 0 Å². The number of halogens is 1. The molecule has 7 heteroatoms. The fraction of sp³-hybridized carbons (Fsp3) is 0.250. The van der Waals surface area contributed by atoms with E-state index in [2.05, 4.69) is 15.3 Å². The van der Waals surface area contributed by atoms with Gasteiger partial charge in [-0.2, -0.15) is 0 Å². The molecule has 3 N–H and O–H groups in total. The van der Waals surface area contributed by atoms with Gasteiger partial charge in [-0.1, -0.05) is 6.07 Å². The summed E-state index contributed by atoms with van der Waals surface area (Å²) in [5, 5.41) is 3.02. The van der Waals surface area contributed by atoms with Crippen LogP contribution in [0, 0.1) is 6.92 Å². The number of pyridine rings is 1. The van der Waals surface area contributed by atoms with Gasteiger partial charge < -0.3 is 20.5 Å². The van der Waals surface area contributed by atoms with Gasteiger partial charge in [-0.25, -0.2) is 4.99 Å². The second-order valence-electron chi connectivity index (χ2n) is 4.66. The van der Waals surface area contributed by atoms with Crippen molar-refractivity contribution in [1.82, 2.24) is 4.98 Å². The Morgan fingerprint density at radius 2 is 2.00 bits per heavy atom. The zero-order valence-electron chi connectivity index (χ0n) is 13.4. The first-order valence-electron chi connectivity index (χ1n) is 6.84. The molecule has 0 aliphatic rings. The van der Waals surface area contributed by atoms with Crippen molar-refractivity contribution in [2.45, 2.75) is 13.5 Å². The van der Waals surface area contributed by atoms with Crippen molar-refractivity contribution in [1.29, 1.82) is 0 Å². The van der Waals surface area contributed by atoms with Crippen molar-refractivity contribution in [2.75, 3.05) is 19.5 Å². The quantitative estimate of drug-likeness (QED) is 0.435. The molecule has 0 fully saturated rings. The van der Waals surface area contributed by atoms with E-state index >= 15 is 0 Å². The molecule has 0 radical (unpaired) electrons. The Labute approximate surface area is 153 Å². The molecular formula is C16H21IN4O2. The van der Waals surface area contributed by atoms with Crippen LogP contribution in [0.3, 0.4) is 0 Å². The van der Waals surface area contributed by atoms with Crippen LogP contribution >= 0.6 is 24.0 Å². The number of hydrogen-bond donors (Lipinski definition) is 2. The summed E-state index contributed by atoms with van der Waals surface area (Å²) in [7, 11) is 3.20. The van der Waals surface area contributed by atoms with Gasteiger partial charge in [-0.05, 0) is 31.2 Å². The number of nitrogens with zero attached hydrogens (tertiary/aromatic N) is 2. The first kappa shape index (κ1) is 19.0. The van der Waals surface area contributed by atoms with Crippen LogP contribution in [0.15, 0.2) is 41.4 Å². The van der Waals surface area contributed by atoms with Crippen LogP contribution in [-0.4, -0.2) is 25.2 Å². The predicted molar refractivity (Wildman–Crippen MR) is 103 cm³/mol.